The fraction of sp³-hybridized carbons (Fsp3) is 0.351. The van der Waals surface area contributed by atoms with Gasteiger partial charge in [0.1, 0.15) is 17.0 Å². The number of methoxy groups -OCH3 is 1. The largest absolute Gasteiger partial charge is 0.497 e. The van der Waals surface area contributed by atoms with Gasteiger partial charge in [0, 0.05) is 75.8 Å². The van der Waals surface area contributed by atoms with E-state index in [9.17, 15) is 8.42 Å². The van der Waals surface area contributed by atoms with Crippen LogP contribution in [0.1, 0.15) is 44.0 Å². The van der Waals surface area contributed by atoms with Gasteiger partial charge >= 0.3 is 0 Å². The van der Waals surface area contributed by atoms with E-state index in [2.05, 4.69) is 22.5 Å². The van der Waals surface area contributed by atoms with Crippen molar-refractivity contribution in [2.75, 3.05) is 50.5 Å². The van der Waals surface area contributed by atoms with Gasteiger partial charge in [-0.05, 0) is 87.4 Å². The van der Waals surface area contributed by atoms with Gasteiger partial charge in [-0.15, -0.1) is 0 Å². The van der Waals surface area contributed by atoms with Crippen LogP contribution in [-0.4, -0.2) is 62.6 Å². The Morgan fingerprint density at radius 1 is 0.776 bits per heavy atom. The van der Waals surface area contributed by atoms with Gasteiger partial charge in [0.05, 0.1) is 24.1 Å². The summed E-state index contributed by atoms with van der Waals surface area (Å²) >= 11 is 12.8. The van der Waals surface area contributed by atoms with Crippen LogP contribution in [0.2, 0.25) is 10.0 Å². The van der Waals surface area contributed by atoms with Crippen LogP contribution in [0.25, 0.3) is 21.8 Å². The van der Waals surface area contributed by atoms with Crippen molar-refractivity contribution in [2.24, 2.45) is 0 Å². The lowest BCUT2D eigenvalue weighted by Gasteiger charge is -2.23. The molecule has 12 heteroatoms. The number of hydrogen-bond donors (Lipinski definition) is 2. The Labute approximate surface area is 299 Å². The second kappa shape index (κ2) is 16.7. The molecule has 0 amide bonds. The Morgan fingerprint density at radius 3 is 2.20 bits per heavy atom. The van der Waals surface area contributed by atoms with E-state index in [-0.39, 0.29) is 11.4 Å². The van der Waals surface area contributed by atoms with Crippen molar-refractivity contribution in [3.8, 4) is 11.5 Å². The van der Waals surface area contributed by atoms with Crippen LogP contribution in [0.3, 0.4) is 0 Å². The van der Waals surface area contributed by atoms with Crippen LogP contribution >= 0.6 is 23.2 Å². The predicted octanol–water partition coefficient (Wildman–Crippen LogP) is 8.89. The Bertz CT molecular complexity index is 2010. The standard InChI is InChI=1S/C37H43Cl2N5O4S/c1-5-6-7-19-48-36-24-28(39)23-32-35(21-26(3)43-37(32)36)40-15-8-17-44(49(45,46)30-12-10-29(47-4)11-13-30)18-16-41-34-20-25(2)42-33-14-9-27(38)22-31(33)34/h9-14,20-24H,5-8,15-19H2,1-4H3,(H,40,43)(H,41,42). The number of pyridine rings is 2. The summed E-state index contributed by atoms with van der Waals surface area (Å²) in [6, 6.07) is 19.6. The third kappa shape index (κ3) is 9.25. The second-order valence-corrected chi connectivity index (χ2v) is 14.7. The first-order chi connectivity index (χ1) is 23.6. The minimum absolute atomic E-state index is 0.204. The SMILES string of the molecule is CCCCCOc1cc(Cl)cc2c(NCCCN(CCNc3cc(C)nc4ccc(Cl)cc34)S(=O)(=O)c3ccc(OC)cc3)cc(C)nc12. The number of fused-ring (bicyclic) bond motifs is 2. The van der Waals surface area contributed by atoms with Gasteiger partial charge in [-0.3, -0.25) is 4.98 Å². The summed E-state index contributed by atoms with van der Waals surface area (Å²) in [7, 11) is -2.27. The monoisotopic (exact) mass is 723 g/mol. The first-order valence-electron chi connectivity index (χ1n) is 16.5. The van der Waals surface area contributed by atoms with Crippen molar-refractivity contribution in [2.45, 2.75) is 51.3 Å². The van der Waals surface area contributed by atoms with Crippen molar-refractivity contribution < 1.29 is 17.9 Å². The average molecular weight is 725 g/mol. The smallest absolute Gasteiger partial charge is 0.243 e. The molecule has 49 heavy (non-hydrogen) atoms. The first-order valence-corrected chi connectivity index (χ1v) is 18.7. The minimum atomic E-state index is -3.82. The molecule has 2 N–H and O–H groups in total. The summed E-state index contributed by atoms with van der Waals surface area (Å²) in [5, 5.41) is 9.84. The highest BCUT2D eigenvalue weighted by atomic mass is 35.5. The number of nitrogens with zero attached hydrogens (tertiary/aromatic N) is 3. The minimum Gasteiger partial charge on any atom is -0.497 e. The number of halogens is 2. The zero-order valence-corrected chi connectivity index (χ0v) is 30.7. The second-order valence-electron chi connectivity index (χ2n) is 11.9. The summed E-state index contributed by atoms with van der Waals surface area (Å²) in [5.74, 6) is 1.25. The maximum Gasteiger partial charge on any atom is 0.243 e. The lowest BCUT2D eigenvalue weighted by Crippen LogP contribution is -2.36. The van der Waals surface area contributed by atoms with Crippen LogP contribution in [0.15, 0.2) is 71.6 Å². The van der Waals surface area contributed by atoms with E-state index < -0.39 is 10.0 Å². The van der Waals surface area contributed by atoms with E-state index in [1.165, 1.54) is 4.31 Å². The molecule has 0 unspecified atom stereocenters. The van der Waals surface area contributed by atoms with Gasteiger partial charge in [0.2, 0.25) is 10.0 Å². The number of sulfonamides is 1. The number of nitrogens with one attached hydrogen (secondary N) is 2. The fourth-order valence-electron chi connectivity index (χ4n) is 5.70. The molecule has 0 saturated carbocycles. The van der Waals surface area contributed by atoms with E-state index in [0.29, 0.717) is 54.2 Å². The fourth-order valence-corrected chi connectivity index (χ4v) is 7.56. The van der Waals surface area contributed by atoms with Crippen LogP contribution in [-0.2, 0) is 10.0 Å². The van der Waals surface area contributed by atoms with Crippen molar-refractivity contribution in [3.63, 3.8) is 0 Å². The molecule has 0 saturated heterocycles. The van der Waals surface area contributed by atoms with Gasteiger partial charge < -0.3 is 20.1 Å². The summed E-state index contributed by atoms with van der Waals surface area (Å²) in [5.41, 5.74) is 4.97. The summed E-state index contributed by atoms with van der Waals surface area (Å²) in [4.78, 5) is 9.57. The van der Waals surface area contributed by atoms with Gasteiger partial charge in [-0.25, -0.2) is 13.4 Å². The van der Waals surface area contributed by atoms with Crippen molar-refractivity contribution in [1.29, 1.82) is 0 Å². The predicted molar refractivity (Wildman–Crippen MR) is 201 cm³/mol. The van der Waals surface area contributed by atoms with E-state index in [4.69, 9.17) is 37.7 Å². The lowest BCUT2D eigenvalue weighted by atomic mass is 10.1. The summed E-state index contributed by atoms with van der Waals surface area (Å²) < 4.78 is 40.8. The highest BCUT2D eigenvalue weighted by Crippen LogP contribution is 2.34. The molecule has 2 heterocycles. The molecule has 3 aromatic carbocycles. The van der Waals surface area contributed by atoms with Gasteiger partial charge in [-0.1, -0.05) is 43.0 Å². The quantitative estimate of drug-likeness (QED) is 0.0917. The Kier molecular flexibility index (Phi) is 12.4. The molecular formula is C37H43Cl2N5O4S. The number of anilines is 2. The third-order valence-corrected chi connectivity index (χ3v) is 10.5. The number of ether oxygens (including phenoxy) is 2. The van der Waals surface area contributed by atoms with E-state index in [1.807, 2.05) is 56.3 Å². The molecule has 0 spiro atoms. The van der Waals surface area contributed by atoms with Crippen LogP contribution < -0.4 is 20.1 Å². The third-order valence-electron chi connectivity index (χ3n) is 8.15. The lowest BCUT2D eigenvalue weighted by molar-refractivity contribution is 0.309. The Morgan fingerprint density at radius 2 is 1.47 bits per heavy atom. The maximum atomic E-state index is 13.9. The van der Waals surface area contributed by atoms with Crippen molar-refractivity contribution in [1.82, 2.24) is 14.3 Å². The number of hydrogen-bond acceptors (Lipinski definition) is 8. The van der Waals surface area contributed by atoms with Crippen LogP contribution in [0.4, 0.5) is 11.4 Å². The number of aromatic nitrogens is 2. The Balaban J connectivity index is 1.32. The molecular weight excluding hydrogens is 681 g/mol. The highest BCUT2D eigenvalue weighted by molar-refractivity contribution is 7.89. The normalized spacial score (nSPS) is 11.7. The Hall–Kier alpha value is -3.83. The van der Waals surface area contributed by atoms with Gasteiger partial charge in [0.15, 0.2) is 0 Å². The first kappa shape index (κ1) is 36.5. The van der Waals surface area contributed by atoms with Crippen LogP contribution in [0, 0.1) is 13.8 Å². The number of benzene rings is 3. The zero-order chi connectivity index (χ0) is 35.0. The molecule has 0 fully saturated rings. The van der Waals surface area contributed by atoms with E-state index >= 15 is 0 Å². The van der Waals surface area contributed by atoms with E-state index in [0.717, 1.165) is 63.8 Å². The van der Waals surface area contributed by atoms with Crippen molar-refractivity contribution >= 4 is 66.4 Å². The van der Waals surface area contributed by atoms with E-state index in [1.54, 1.807) is 31.4 Å². The highest BCUT2D eigenvalue weighted by Gasteiger charge is 2.24. The number of rotatable bonds is 17. The number of unbranched alkanes of at least 4 members (excludes halogenated alkanes) is 2. The molecule has 5 rings (SSSR count). The topological polar surface area (TPSA) is 106 Å². The molecule has 0 radical (unpaired) electrons. The molecule has 0 bridgehead atoms. The molecule has 260 valence electrons. The molecule has 9 nitrogen and oxygen atoms in total. The molecule has 0 aliphatic carbocycles. The van der Waals surface area contributed by atoms with Crippen molar-refractivity contribution in [3.05, 3.63) is 88.2 Å². The van der Waals surface area contributed by atoms with Gasteiger partial charge in [-0.2, -0.15) is 4.31 Å². The van der Waals surface area contributed by atoms with Crippen LogP contribution in [0.5, 0.6) is 11.5 Å². The molecule has 0 atom stereocenters. The average Bonchev–Trinajstić information content (AvgIpc) is 3.08. The summed E-state index contributed by atoms with van der Waals surface area (Å²) in [6.45, 7) is 8.05. The summed E-state index contributed by atoms with van der Waals surface area (Å²) in [6.07, 6.45) is 3.71. The molecule has 0 aliphatic rings. The number of aryl methyl sites for hydroxylation is 2. The molecule has 2 aromatic heterocycles. The maximum absolute atomic E-state index is 13.9. The van der Waals surface area contributed by atoms with Gasteiger partial charge in [0.25, 0.3) is 0 Å². The molecule has 0 aliphatic heterocycles. The zero-order valence-electron chi connectivity index (χ0n) is 28.4. The molecule has 5 aromatic rings.